The molecular formula is C18H32N2O4Si. The molecule has 142 valence electrons. The summed E-state index contributed by atoms with van der Waals surface area (Å²) in [6, 6.07) is 2.68. The van der Waals surface area contributed by atoms with E-state index in [0.717, 1.165) is 11.7 Å². The number of aromatic nitrogens is 1. The first-order valence-electron chi connectivity index (χ1n) is 8.70. The first-order valence-corrected chi connectivity index (χ1v) is 12.4. The molecule has 0 radical (unpaired) electrons. The predicted molar refractivity (Wildman–Crippen MR) is 103 cm³/mol. The number of carbonyl (C=O) groups is 2. The summed E-state index contributed by atoms with van der Waals surface area (Å²) in [5.41, 5.74) is 4.39. The van der Waals surface area contributed by atoms with Crippen LogP contribution in [0.5, 0.6) is 0 Å². The van der Waals surface area contributed by atoms with Crippen molar-refractivity contribution in [1.29, 1.82) is 0 Å². The number of hydrogen-bond acceptors (Lipinski definition) is 4. The van der Waals surface area contributed by atoms with Crippen molar-refractivity contribution in [2.75, 3.05) is 18.6 Å². The van der Waals surface area contributed by atoms with Gasteiger partial charge in [0.2, 0.25) is 0 Å². The Hall–Kier alpha value is -1.76. The number of hydrogen-bond donors (Lipinski definition) is 1. The van der Waals surface area contributed by atoms with Crippen LogP contribution in [0, 0.1) is 6.92 Å². The lowest BCUT2D eigenvalue weighted by Gasteiger charge is -2.23. The van der Waals surface area contributed by atoms with Crippen LogP contribution in [0.25, 0.3) is 0 Å². The second-order valence-electron chi connectivity index (χ2n) is 8.39. The highest BCUT2D eigenvalue weighted by atomic mass is 28.3. The second kappa shape index (κ2) is 8.08. The molecule has 0 saturated carbocycles. The monoisotopic (exact) mass is 368 g/mol. The molecule has 0 atom stereocenters. The zero-order chi connectivity index (χ0) is 19.4. The molecule has 0 fully saturated rings. The minimum absolute atomic E-state index is 0.263. The van der Waals surface area contributed by atoms with Crippen LogP contribution in [0.2, 0.25) is 25.7 Å². The van der Waals surface area contributed by atoms with Crippen LogP contribution >= 0.6 is 0 Å². The molecule has 0 aromatic carbocycles. The van der Waals surface area contributed by atoms with Gasteiger partial charge in [0.05, 0.1) is 24.5 Å². The van der Waals surface area contributed by atoms with Crippen molar-refractivity contribution < 1.29 is 19.1 Å². The van der Waals surface area contributed by atoms with Crippen molar-refractivity contribution in [2.24, 2.45) is 0 Å². The standard InChI is InChI=1S/C18H32N2O4Si/c1-9-23-16(21)14-12-15(18(3,4)5)20(13(14)2)19-17(22)24-10-11-25(6,7)8/h12H,9-11H2,1-8H3,(H,19,22). The van der Waals surface area contributed by atoms with Gasteiger partial charge in [-0.15, -0.1) is 0 Å². The van der Waals surface area contributed by atoms with Crippen LogP contribution in [0.4, 0.5) is 4.79 Å². The Morgan fingerprint density at radius 1 is 1.20 bits per heavy atom. The zero-order valence-electron chi connectivity index (χ0n) is 16.8. The van der Waals surface area contributed by atoms with Gasteiger partial charge in [-0.25, -0.2) is 15.0 Å². The minimum Gasteiger partial charge on any atom is -0.462 e. The van der Waals surface area contributed by atoms with Crippen molar-refractivity contribution in [2.45, 2.75) is 65.7 Å². The van der Waals surface area contributed by atoms with Crippen molar-refractivity contribution in [3.63, 3.8) is 0 Å². The summed E-state index contributed by atoms with van der Waals surface area (Å²) in [7, 11) is -1.26. The third kappa shape index (κ3) is 6.23. The maximum Gasteiger partial charge on any atom is 0.426 e. The maximum absolute atomic E-state index is 12.2. The maximum atomic E-state index is 12.2. The van der Waals surface area contributed by atoms with E-state index in [0.29, 0.717) is 24.5 Å². The molecule has 1 rings (SSSR count). The highest BCUT2D eigenvalue weighted by Gasteiger charge is 2.27. The van der Waals surface area contributed by atoms with E-state index in [2.05, 4.69) is 25.1 Å². The van der Waals surface area contributed by atoms with E-state index in [4.69, 9.17) is 9.47 Å². The number of nitrogens with one attached hydrogen (secondary N) is 1. The Kier molecular flexibility index (Phi) is 6.88. The lowest BCUT2D eigenvalue weighted by atomic mass is 9.92. The molecule has 25 heavy (non-hydrogen) atoms. The van der Waals surface area contributed by atoms with Gasteiger partial charge in [0, 0.05) is 19.2 Å². The van der Waals surface area contributed by atoms with Gasteiger partial charge in [-0.05, 0) is 26.0 Å². The van der Waals surface area contributed by atoms with Crippen LogP contribution in [0.1, 0.15) is 49.4 Å². The lowest BCUT2D eigenvalue weighted by molar-refractivity contribution is 0.0525. The van der Waals surface area contributed by atoms with Gasteiger partial charge in [0.15, 0.2) is 0 Å². The highest BCUT2D eigenvalue weighted by molar-refractivity contribution is 6.76. The van der Waals surface area contributed by atoms with Gasteiger partial charge in [0.1, 0.15) is 0 Å². The van der Waals surface area contributed by atoms with Gasteiger partial charge in [0.25, 0.3) is 0 Å². The fourth-order valence-corrected chi connectivity index (χ4v) is 3.01. The molecule has 6 nitrogen and oxygen atoms in total. The number of amides is 1. The van der Waals surface area contributed by atoms with E-state index >= 15 is 0 Å². The van der Waals surface area contributed by atoms with Gasteiger partial charge in [-0.2, -0.15) is 0 Å². The molecule has 0 aliphatic rings. The number of rotatable bonds is 6. The van der Waals surface area contributed by atoms with Crippen LogP contribution in [-0.2, 0) is 14.9 Å². The number of esters is 1. The molecule has 1 aromatic rings. The summed E-state index contributed by atoms with van der Waals surface area (Å²) in [4.78, 5) is 24.3. The van der Waals surface area contributed by atoms with Crippen LogP contribution < -0.4 is 5.43 Å². The number of nitrogens with zero attached hydrogens (tertiary/aromatic N) is 1. The summed E-state index contributed by atoms with van der Waals surface area (Å²) in [6.45, 7) is 17.0. The Labute approximate surface area is 151 Å². The Bertz CT molecular complexity index is 624. The summed E-state index contributed by atoms with van der Waals surface area (Å²) in [5, 5.41) is 0. The molecule has 1 N–H and O–H groups in total. The van der Waals surface area contributed by atoms with Crippen molar-refractivity contribution in [3.05, 3.63) is 23.0 Å². The molecular weight excluding hydrogens is 336 g/mol. The SMILES string of the molecule is CCOC(=O)c1cc(C(C)(C)C)n(NC(=O)OCC[Si](C)(C)C)c1C. The minimum atomic E-state index is -1.26. The van der Waals surface area contributed by atoms with Crippen LogP contribution in [0.15, 0.2) is 6.07 Å². The molecule has 1 heterocycles. The Balaban J connectivity index is 3.00. The number of carbonyl (C=O) groups excluding carboxylic acids is 2. The molecule has 1 aromatic heterocycles. The van der Waals surface area contributed by atoms with Crippen molar-refractivity contribution >= 4 is 20.1 Å². The van der Waals surface area contributed by atoms with Gasteiger partial charge < -0.3 is 9.47 Å². The molecule has 1 amide bonds. The topological polar surface area (TPSA) is 69.6 Å². The first-order chi connectivity index (χ1) is 11.4. The van der Waals surface area contributed by atoms with E-state index < -0.39 is 20.1 Å². The van der Waals surface area contributed by atoms with E-state index in [1.54, 1.807) is 24.6 Å². The smallest absolute Gasteiger partial charge is 0.426 e. The highest BCUT2D eigenvalue weighted by Crippen LogP contribution is 2.27. The Morgan fingerprint density at radius 2 is 1.80 bits per heavy atom. The van der Waals surface area contributed by atoms with Gasteiger partial charge >= 0.3 is 12.1 Å². The molecule has 0 spiro atoms. The lowest BCUT2D eigenvalue weighted by Crippen LogP contribution is -2.31. The van der Waals surface area contributed by atoms with Gasteiger partial charge in [-0.1, -0.05) is 40.4 Å². The Morgan fingerprint density at radius 3 is 2.28 bits per heavy atom. The summed E-state index contributed by atoms with van der Waals surface area (Å²) in [6.07, 6.45) is -0.516. The fourth-order valence-electron chi connectivity index (χ4n) is 2.29. The average molecular weight is 369 g/mol. The van der Waals surface area contributed by atoms with E-state index in [-0.39, 0.29) is 5.41 Å². The second-order valence-corrected chi connectivity index (χ2v) is 14.0. The fraction of sp³-hybridized carbons (Fsp3) is 0.667. The normalized spacial score (nSPS) is 12.0. The van der Waals surface area contributed by atoms with Crippen molar-refractivity contribution in [1.82, 2.24) is 4.68 Å². The van der Waals surface area contributed by atoms with Crippen LogP contribution in [-0.4, -0.2) is 38.0 Å². The quantitative estimate of drug-likeness (QED) is 0.601. The molecule has 0 bridgehead atoms. The molecule has 7 heteroatoms. The van der Waals surface area contributed by atoms with E-state index in [9.17, 15) is 9.59 Å². The summed E-state index contributed by atoms with van der Waals surface area (Å²) < 4.78 is 12.0. The third-order valence-electron chi connectivity index (χ3n) is 3.80. The van der Waals surface area contributed by atoms with Gasteiger partial charge in [-0.3, -0.25) is 4.68 Å². The van der Waals surface area contributed by atoms with E-state index in [1.165, 1.54) is 0 Å². The largest absolute Gasteiger partial charge is 0.462 e. The zero-order valence-corrected chi connectivity index (χ0v) is 17.8. The van der Waals surface area contributed by atoms with E-state index in [1.807, 2.05) is 20.8 Å². The molecule has 0 aliphatic heterocycles. The van der Waals surface area contributed by atoms with Crippen LogP contribution in [0.3, 0.4) is 0 Å². The summed E-state index contributed by atoms with van der Waals surface area (Å²) >= 11 is 0. The third-order valence-corrected chi connectivity index (χ3v) is 5.50. The molecule has 0 unspecified atom stereocenters. The summed E-state index contributed by atoms with van der Waals surface area (Å²) in [5.74, 6) is -0.391. The molecule has 0 saturated heterocycles. The first kappa shape index (κ1) is 21.3. The average Bonchev–Trinajstić information content (AvgIpc) is 2.75. The molecule has 0 aliphatic carbocycles. The number of ether oxygens (including phenoxy) is 2. The van der Waals surface area contributed by atoms with Crippen molar-refractivity contribution in [3.8, 4) is 0 Å². The predicted octanol–water partition coefficient (Wildman–Crippen LogP) is 4.29.